The number of alkyl halides is 1. The minimum atomic E-state index is -0.614. The number of likely N-dealkylation sites (tertiary alicyclic amines) is 2. The van der Waals surface area contributed by atoms with Gasteiger partial charge in [-0.25, -0.2) is 4.39 Å². The summed E-state index contributed by atoms with van der Waals surface area (Å²) in [7, 11) is 0. The van der Waals surface area contributed by atoms with Gasteiger partial charge in [-0.15, -0.1) is 0 Å². The number of halogens is 1. The molecule has 2 rings (SSSR count). The van der Waals surface area contributed by atoms with Crippen molar-refractivity contribution in [3.63, 3.8) is 0 Å². The summed E-state index contributed by atoms with van der Waals surface area (Å²) >= 11 is 0. The van der Waals surface area contributed by atoms with Gasteiger partial charge in [0.25, 0.3) is 0 Å². The molecule has 17 heavy (non-hydrogen) atoms. The van der Waals surface area contributed by atoms with Gasteiger partial charge in [-0.3, -0.25) is 9.80 Å². The predicted octanol–water partition coefficient (Wildman–Crippen LogP) is 2.40. The van der Waals surface area contributed by atoms with Gasteiger partial charge in [0.05, 0.1) is 0 Å². The van der Waals surface area contributed by atoms with Gasteiger partial charge >= 0.3 is 0 Å². The SMILES string of the molecule is CC(C)C1CCN(C2CN(C(C)C)C2)CC1F. The molecule has 2 heterocycles. The van der Waals surface area contributed by atoms with Gasteiger partial charge in [-0.05, 0) is 38.6 Å². The lowest BCUT2D eigenvalue weighted by Crippen LogP contribution is -2.63. The normalized spacial score (nSPS) is 33.4. The zero-order valence-electron chi connectivity index (χ0n) is 11.7. The second-order valence-corrected chi connectivity index (χ2v) is 6.41. The Hall–Kier alpha value is -0.150. The van der Waals surface area contributed by atoms with Crippen molar-refractivity contribution < 1.29 is 4.39 Å². The quantitative estimate of drug-likeness (QED) is 0.750. The molecule has 0 radical (unpaired) electrons. The van der Waals surface area contributed by atoms with E-state index in [1.54, 1.807) is 0 Å². The first-order valence-corrected chi connectivity index (χ1v) is 7.11. The third-order valence-electron chi connectivity index (χ3n) is 4.62. The van der Waals surface area contributed by atoms with Crippen LogP contribution in [0.25, 0.3) is 0 Å². The summed E-state index contributed by atoms with van der Waals surface area (Å²) in [5.41, 5.74) is 0. The molecule has 2 fully saturated rings. The van der Waals surface area contributed by atoms with E-state index in [9.17, 15) is 4.39 Å². The second-order valence-electron chi connectivity index (χ2n) is 6.41. The van der Waals surface area contributed by atoms with Crippen LogP contribution in [0, 0.1) is 11.8 Å². The molecule has 0 amide bonds. The van der Waals surface area contributed by atoms with E-state index in [2.05, 4.69) is 37.5 Å². The average Bonchev–Trinajstić information content (AvgIpc) is 2.13. The molecule has 0 aromatic heterocycles. The average molecular weight is 242 g/mol. The van der Waals surface area contributed by atoms with E-state index in [-0.39, 0.29) is 5.92 Å². The molecule has 2 aliphatic heterocycles. The van der Waals surface area contributed by atoms with Gasteiger partial charge in [0, 0.05) is 31.7 Å². The van der Waals surface area contributed by atoms with Gasteiger partial charge in [-0.1, -0.05) is 13.8 Å². The smallest absolute Gasteiger partial charge is 0.116 e. The van der Waals surface area contributed by atoms with Crippen molar-refractivity contribution >= 4 is 0 Å². The van der Waals surface area contributed by atoms with Crippen LogP contribution >= 0.6 is 0 Å². The fourth-order valence-electron chi connectivity index (χ4n) is 3.17. The molecule has 2 unspecified atom stereocenters. The minimum Gasteiger partial charge on any atom is -0.298 e. The molecule has 100 valence electrons. The molecular formula is C14H27FN2. The van der Waals surface area contributed by atoms with E-state index in [1.165, 1.54) is 0 Å². The van der Waals surface area contributed by atoms with Crippen molar-refractivity contribution in [2.75, 3.05) is 26.2 Å². The highest BCUT2D eigenvalue weighted by atomic mass is 19.1. The second kappa shape index (κ2) is 5.23. The molecule has 2 saturated heterocycles. The van der Waals surface area contributed by atoms with Crippen LogP contribution < -0.4 is 0 Å². The Labute approximate surface area is 105 Å². The molecule has 0 aromatic rings. The molecule has 0 bridgehead atoms. The van der Waals surface area contributed by atoms with E-state index in [0.29, 0.717) is 24.5 Å². The van der Waals surface area contributed by atoms with E-state index < -0.39 is 6.17 Å². The first-order chi connectivity index (χ1) is 7.99. The third-order valence-corrected chi connectivity index (χ3v) is 4.62. The van der Waals surface area contributed by atoms with Crippen molar-refractivity contribution in [1.29, 1.82) is 0 Å². The van der Waals surface area contributed by atoms with Crippen molar-refractivity contribution in [3.8, 4) is 0 Å². The highest BCUT2D eigenvalue weighted by molar-refractivity contribution is 4.93. The van der Waals surface area contributed by atoms with E-state index >= 15 is 0 Å². The van der Waals surface area contributed by atoms with Crippen LogP contribution in [0.5, 0.6) is 0 Å². The molecule has 3 heteroatoms. The number of rotatable bonds is 3. The van der Waals surface area contributed by atoms with Crippen LogP contribution in [0.3, 0.4) is 0 Å². The van der Waals surface area contributed by atoms with Crippen molar-refractivity contribution in [2.24, 2.45) is 11.8 Å². The van der Waals surface area contributed by atoms with Crippen LogP contribution in [0.2, 0.25) is 0 Å². The summed E-state index contributed by atoms with van der Waals surface area (Å²) < 4.78 is 14.1. The number of hydrogen-bond donors (Lipinski definition) is 0. The van der Waals surface area contributed by atoms with E-state index in [1.807, 2.05) is 0 Å². The van der Waals surface area contributed by atoms with Gasteiger partial charge in [0.1, 0.15) is 6.17 Å². The summed E-state index contributed by atoms with van der Waals surface area (Å²) in [5, 5.41) is 0. The molecule has 0 aliphatic carbocycles. The molecule has 2 atom stereocenters. The van der Waals surface area contributed by atoms with Gasteiger partial charge in [-0.2, -0.15) is 0 Å². The third kappa shape index (κ3) is 2.82. The number of hydrogen-bond acceptors (Lipinski definition) is 2. The van der Waals surface area contributed by atoms with Gasteiger partial charge in [0.15, 0.2) is 0 Å². The van der Waals surface area contributed by atoms with Crippen LogP contribution in [-0.4, -0.2) is 54.2 Å². The van der Waals surface area contributed by atoms with Crippen LogP contribution in [-0.2, 0) is 0 Å². The Morgan fingerprint density at radius 2 is 1.71 bits per heavy atom. The van der Waals surface area contributed by atoms with E-state index in [4.69, 9.17) is 0 Å². The maximum absolute atomic E-state index is 14.1. The minimum absolute atomic E-state index is 0.285. The van der Waals surface area contributed by atoms with Gasteiger partial charge < -0.3 is 0 Å². The first kappa shape index (κ1) is 13.3. The van der Waals surface area contributed by atoms with Crippen LogP contribution in [0.15, 0.2) is 0 Å². The first-order valence-electron chi connectivity index (χ1n) is 7.11. The Kier molecular flexibility index (Phi) is 4.09. The molecule has 0 spiro atoms. The molecule has 0 N–H and O–H groups in total. The summed E-state index contributed by atoms with van der Waals surface area (Å²) in [6.45, 7) is 12.8. The molecule has 0 aromatic carbocycles. The number of piperidine rings is 1. The molecule has 0 saturated carbocycles. The lowest BCUT2D eigenvalue weighted by Gasteiger charge is -2.50. The lowest BCUT2D eigenvalue weighted by atomic mass is 9.84. The summed E-state index contributed by atoms with van der Waals surface area (Å²) in [6, 6.07) is 1.25. The Bertz CT molecular complexity index is 249. The van der Waals surface area contributed by atoms with E-state index in [0.717, 1.165) is 26.1 Å². The highest BCUT2D eigenvalue weighted by Crippen LogP contribution is 2.30. The molecule has 2 nitrogen and oxygen atoms in total. The Balaban J connectivity index is 1.79. The summed E-state index contributed by atoms with van der Waals surface area (Å²) in [6.07, 6.45) is 0.425. The summed E-state index contributed by atoms with van der Waals surface area (Å²) in [5.74, 6) is 0.772. The Morgan fingerprint density at radius 1 is 1.06 bits per heavy atom. The van der Waals surface area contributed by atoms with Crippen molar-refractivity contribution in [3.05, 3.63) is 0 Å². The van der Waals surface area contributed by atoms with Crippen molar-refractivity contribution in [2.45, 2.75) is 52.4 Å². The largest absolute Gasteiger partial charge is 0.298 e. The maximum Gasteiger partial charge on any atom is 0.116 e. The predicted molar refractivity (Wildman–Crippen MR) is 69.9 cm³/mol. The maximum atomic E-state index is 14.1. The highest BCUT2D eigenvalue weighted by Gasteiger charge is 2.38. The fraction of sp³-hybridized carbons (Fsp3) is 1.00. The monoisotopic (exact) mass is 242 g/mol. The number of nitrogens with zero attached hydrogens (tertiary/aromatic N) is 2. The van der Waals surface area contributed by atoms with Crippen molar-refractivity contribution in [1.82, 2.24) is 9.80 Å². The zero-order chi connectivity index (χ0) is 12.6. The zero-order valence-corrected chi connectivity index (χ0v) is 11.7. The topological polar surface area (TPSA) is 6.48 Å². The fourth-order valence-corrected chi connectivity index (χ4v) is 3.17. The van der Waals surface area contributed by atoms with Crippen LogP contribution in [0.4, 0.5) is 4.39 Å². The van der Waals surface area contributed by atoms with Gasteiger partial charge in [0.2, 0.25) is 0 Å². The molecular weight excluding hydrogens is 215 g/mol. The lowest BCUT2D eigenvalue weighted by molar-refractivity contribution is -0.0316. The summed E-state index contributed by atoms with van der Waals surface area (Å²) in [4.78, 5) is 4.84. The Morgan fingerprint density at radius 3 is 2.18 bits per heavy atom. The van der Waals surface area contributed by atoms with Crippen LogP contribution in [0.1, 0.15) is 34.1 Å². The standard InChI is InChI=1S/C14H27FN2/c1-10(2)13-5-6-16(9-14(13)15)12-7-17(8-12)11(3)4/h10-14H,5-9H2,1-4H3. The molecule has 2 aliphatic rings.